The van der Waals surface area contributed by atoms with Gasteiger partial charge in [-0.2, -0.15) is 0 Å². The third kappa shape index (κ3) is 2.79. The summed E-state index contributed by atoms with van der Waals surface area (Å²) in [6.45, 7) is 4.79. The van der Waals surface area contributed by atoms with E-state index in [2.05, 4.69) is 24.1 Å². The molecule has 3 N–H and O–H groups in total. The molecule has 1 fully saturated rings. The number of nitrogens with one attached hydrogen (secondary N) is 1. The molecular weight excluding hydrogens is 230 g/mol. The fourth-order valence-corrected chi connectivity index (χ4v) is 2.26. The van der Waals surface area contributed by atoms with Crippen molar-refractivity contribution >= 4 is 17.4 Å². The minimum absolute atomic E-state index is 0.00206. The summed E-state index contributed by atoms with van der Waals surface area (Å²) in [5, 5.41) is 2.86. The summed E-state index contributed by atoms with van der Waals surface area (Å²) in [5.41, 5.74) is 6.17. The van der Waals surface area contributed by atoms with Gasteiger partial charge in [0.1, 0.15) is 5.82 Å². The highest BCUT2D eigenvalue weighted by atomic mass is 16.5. The molecule has 98 valence electrons. The summed E-state index contributed by atoms with van der Waals surface area (Å²) in [7, 11) is 0. The van der Waals surface area contributed by atoms with Crippen LogP contribution in [-0.2, 0) is 9.53 Å². The van der Waals surface area contributed by atoms with E-state index in [-0.39, 0.29) is 17.9 Å². The average molecular weight is 249 g/mol. The minimum Gasteiger partial charge on any atom is -0.384 e. The maximum atomic E-state index is 12.2. The van der Waals surface area contributed by atoms with E-state index >= 15 is 0 Å². The van der Waals surface area contributed by atoms with Crippen LogP contribution < -0.4 is 11.1 Å². The van der Waals surface area contributed by atoms with Crippen LogP contribution in [0.3, 0.4) is 0 Å². The van der Waals surface area contributed by atoms with E-state index < -0.39 is 0 Å². The Morgan fingerprint density at radius 1 is 1.56 bits per heavy atom. The van der Waals surface area contributed by atoms with E-state index in [1.807, 2.05) is 0 Å². The molecule has 5 nitrogen and oxygen atoms in total. The van der Waals surface area contributed by atoms with Crippen LogP contribution in [0.1, 0.15) is 20.3 Å². The lowest BCUT2D eigenvalue weighted by Crippen LogP contribution is -2.32. The fraction of sp³-hybridized carbons (Fsp3) is 0.538. The Hall–Kier alpha value is -1.62. The van der Waals surface area contributed by atoms with E-state index in [4.69, 9.17) is 10.5 Å². The van der Waals surface area contributed by atoms with E-state index in [1.165, 1.54) is 0 Å². The van der Waals surface area contributed by atoms with Crippen molar-refractivity contribution < 1.29 is 9.53 Å². The summed E-state index contributed by atoms with van der Waals surface area (Å²) >= 11 is 0. The van der Waals surface area contributed by atoms with Crippen molar-refractivity contribution in [2.45, 2.75) is 26.4 Å². The van der Waals surface area contributed by atoms with Crippen LogP contribution in [0, 0.1) is 11.8 Å². The third-order valence-corrected chi connectivity index (χ3v) is 3.18. The molecule has 0 saturated carbocycles. The van der Waals surface area contributed by atoms with Crippen molar-refractivity contribution in [1.82, 2.24) is 4.98 Å². The Bertz CT molecular complexity index is 417. The molecule has 2 heterocycles. The third-order valence-electron chi connectivity index (χ3n) is 3.18. The summed E-state index contributed by atoms with van der Waals surface area (Å²) in [5.74, 6) is 0.699. The topological polar surface area (TPSA) is 77.2 Å². The van der Waals surface area contributed by atoms with E-state index in [1.54, 1.807) is 18.3 Å². The number of nitrogen functional groups attached to an aromatic ring is 1. The van der Waals surface area contributed by atoms with Gasteiger partial charge in [0.05, 0.1) is 23.9 Å². The van der Waals surface area contributed by atoms with Crippen molar-refractivity contribution in [3.63, 3.8) is 0 Å². The van der Waals surface area contributed by atoms with Gasteiger partial charge in [0.15, 0.2) is 0 Å². The van der Waals surface area contributed by atoms with Gasteiger partial charge in [0.2, 0.25) is 5.91 Å². The number of hydrogen-bond donors (Lipinski definition) is 2. The second-order valence-corrected chi connectivity index (χ2v) is 4.94. The second-order valence-electron chi connectivity index (χ2n) is 4.94. The predicted octanol–water partition coefficient (Wildman–Crippen LogP) is 1.66. The summed E-state index contributed by atoms with van der Waals surface area (Å²) in [4.78, 5) is 16.1. The highest BCUT2D eigenvalue weighted by Gasteiger charge is 2.35. The molecule has 2 atom stereocenters. The smallest absolute Gasteiger partial charge is 0.230 e. The number of amides is 1. The molecule has 2 unspecified atom stereocenters. The first-order chi connectivity index (χ1) is 8.58. The van der Waals surface area contributed by atoms with E-state index in [0.29, 0.717) is 24.0 Å². The van der Waals surface area contributed by atoms with Gasteiger partial charge in [-0.15, -0.1) is 0 Å². The molecule has 0 aliphatic carbocycles. The molecule has 0 bridgehead atoms. The van der Waals surface area contributed by atoms with Crippen molar-refractivity contribution in [2.24, 2.45) is 11.8 Å². The number of carbonyl (C=O) groups excluding carboxylic acids is 1. The van der Waals surface area contributed by atoms with E-state index in [0.717, 1.165) is 6.42 Å². The molecule has 1 aliphatic rings. The Morgan fingerprint density at radius 3 is 2.94 bits per heavy atom. The number of carbonyl (C=O) groups is 1. The summed E-state index contributed by atoms with van der Waals surface area (Å²) in [6, 6.07) is 3.42. The number of aromatic nitrogens is 1. The van der Waals surface area contributed by atoms with Gasteiger partial charge < -0.3 is 15.8 Å². The molecule has 1 aromatic rings. The molecule has 0 spiro atoms. The van der Waals surface area contributed by atoms with Gasteiger partial charge in [-0.1, -0.05) is 13.8 Å². The highest BCUT2D eigenvalue weighted by molar-refractivity contribution is 5.93. The first-order valence-corrected chi connectivity index (χ1v) is 6.22. The Labute approximate surface area is 107 Å². The monoisotopic (exact) mass is 249 g/mol. The molecule has 0 radical (unpaired) electrons. The van der Waals surface area contributed by atoms with Crippen molar-refractivity contribution in [2.75, 3.05) is 17.7 Å². The number of pyridine rings is 1. The molecule has 1 aliphatic heterocycles. The number of hydrogen-bond acceptors (Lipinski definition) is 4. The summed E-state index contributed by atoms with van der Waals surface area (Å²) in [6.07, 6.45) is 2.34. The predicted molar refractivity (Wildman–Crippen MR) is 70.0 cm³/mol. The van der Waals surface area contributed by atoms with Crippen LogP contribution >= 0.6 is 0 Å². The van der Waals surface area contributed by atoms with Crippen LogP contribution in [0.5, 0.6) is 0 Å². The summed E-state index contributed by atoms with van der Waals surface area (Å²) < 4.78 is 5.61. The van der Waals surface area contributed by atoms with Crippen LogP contribution in [0.2, 0.25) is 0 Å². The van der Waals surface area contributed by atoms with Gasteiger partial charge in [0, 0.05) is 6.61 Å². The first kappa shape index (κ1) is 12.8. The number of nitrogens with zero attached hydrogens (tertiary/aromatic N) is 1. The highest BCUT2D eigenvalue weighted by Crippen LogP contribution is 2.27. The maximum absolute atomic E-state index is 12.2. The van der Waals surface area contributed by atoms with Crippen LogP contribution in [-0.4, -0.2) is 23.6 Å². The molecule has 1 amide bonds. The maximum Gasteiger partial charge on any atom is 0.230 e. The van der Waals surface area contributed by atoms with Gasteiger partial charge in [-0.3, -0.25) is 4.79 Å². The Morgan fingerprint density at radius 2 is 2.33 bits per heavy atom. The minimum atomic E-state index is -0.0810. The second kappa shape index (κ2) is 5.35. The lowest BCUT2D eigenvalue weighted by atomic mass is 9.92. The van der Waals surface area contributed by atoms with Gasteiger partial charge in [0.25, 0.3) is 0 Å². The lowest BCUT2D eigenvalue weighted by Gasteiger charge is -2.21. The van der Waals surface area contributed by atoms with Gasteiger partial charge >= 0.3 is 0 Å². The molecule has 0 aromatic carbocycles. The van der Waals surface area contributed by atoms with Gasteiger partial charge in [-0.25, -0.2) is 4.98 Å². The quantitative estimate of drug-likeness (QED) is 0.854. The number of nitrogens with two attached hydrogens (primary N) is 1. The van der Waals surface area contributed by atoms with Crippen molar-refractivity contribution in [3.05, 3.63) is 18.3 Å². The lowest BCUT2D eigenvalue weighted by molar-refractivity contribution is -0.122. The van der Waals surface area contributed by atoms with Crippen molar-refractivity contribution in [3.8, 4) is 0 Å². The van der Waals surface area contributed by atoms with Crippen LogP contribution in [0.15, 0.2) is 18.3 Å². The first-order valence-electron chi connectivity index (χ1n) is 6.22. The zero-order valence-electron chi connectivity index (χ0n) is 10.7. The van der Waals surface area contributed by atoms with Gasteiger partial charge in [-0.05, 0) is 24.5 Å². The number of anilines is 2. The van der Waals surface area contributed by atoms with E-state index in [9.17, 15) is 4.79 Å². The van der Waals surface area contributed by atoms with Crippen LogP contribution in [0.4, 0.5) is 11.5 Å². The fourth-order valence-electron chi connectivity index (χ4n) is 2.26. The standard InChI is InChI=1S/C13H19N3O2/c1-8(2)12-10(5-6-18-12)13(17)16-9-3-4-11(14)15-7-9/h3-4,7-8,10,12H,5-6H2,1-2H3,(H2,14,15)(H,16,17). The Balaban J connectivity index is 2.01. The molecule has 1 aromatic heterocycles. The van der Waals surface area contributed by atoms with Crippen molar-refractivity contribution in [1.29, 1.82) is 0 Å². The molecule has 5 heteroatoms. The zero-order chi connectivity index (χ0) is 13.1. The largest absolute Gasteiger partial charge is 0.384 e. The normalized spacial score (nSPS) is 23.3. The van der Waals surface area contributed by atoms with Crippen LogP contribution in [0.25, 0.3) is 0 Å². The average Bonchev–Trinajstić information content (AvgIpc) is 2.81. The number of ether oxygens (including phenoxy) is 1. The molecule has 2 rings (SSSR count). The molecule has 18 heavy (non-hydrogen) atoms. The molecule has 1 saturated heterocycles. The number of rotatable bonds is 3. The molecular formula is C13H19N3O2. The zero-order valence-corrected chi connectivity index (χ0v) is 10.7. The SMILES string of the molecule is CC(C)C1OCCC1C(=O)Nc1ccc(N)nc1. The Kier molecular flexibility index (Phi) is 3.81.